The van der Waals surface area contributed by atoms with E-state index in [-0.39, 0.29) is 6.04 Å². The van der Waals surface area contributed by atoms with Gasteiger partial charge in [-0.3, -0.25) is 5.84 Å². The minimum absolute atomic E-state index is 0.0966. The van der Waals surface area contributed by atoms with Crippen LogP contribution in [0.4, 0.5) is 0 Å². The van der Waals surface area contributed by atoms with Crippen molar-refractivity contribution in [2.75, 3.05) is 0 Å². The maximum Gasteiger partial charge on any atom is 0.0710 e. The van der Waals surface area contributed by atoms with E-state index in [2.05, 4.69) is 36.6 Å². The third-order valence-electron chi connectivity index (χ3n) is 3.16. The zero-order chi connectivity index (χ0) is 13.8. The summed E-state index contributed by atoms with van der Waals surface area (Å²) in [5.41, 5.74) is 6.20. The first-order valence-corrected chi connectivity index (χ1v) is 6.91. The summed E-state index contributed by atoms with van der Waals surface area (Å²) < 4.78 is 0. The van der Waals surface area contributed by atoms with Gasteiger partial charge in [0.15, 0.2) is 0 Å². The van der Waals surface area contributed by atoms with Gasteiger partial charge in [0, 0.05) is 0 Å². The molecule has 4 heteroatoms. The molecule has 0 amide bonds. The summed E-state index contributed by atoms with van der Waals surface area (Å²) >= 11 is 12.0. The number of hydrogen-bond donors (Lipinski definition) is 2. The van der Waals surface area contributed by atoms with Gasteiger partial charge in [-0.1, -0.05) is 60.5 Å². The summed E-state index contributed by atoms with van der Waals surface area (Å²) in [5.74, 6) is 5.67. The summed E-state index contributed by atoms with van der Waals surface area (Å²) in [7, 11) is 0. The number of aryl methyl sites for hydroxylation is 1. The monoisotopic (exact) mass is 294 g/mol. The van der Waals surface area contributed by atoms with E-state index in [1.54, 1.807) is 6.07 Å². The molecule has 0 fully saturated rings. The molecule has 19 heavy (non-hydrogen) atoms. The first kappa shape index (κ1) is 14.4. The molecule has 3 N–H and O–H groups in total. The fourth-order valence-electron chi connectivity index (χ4n) is 2.02. The number of hydrogen-bond acceptors (Lipinski definition) is 2. The second-order valence-corrected chi connectivity index (χ2v) is 5.18. The zero-order valence-electron chi connectivity index (χ0n) is 10.7. The van der Waals surface area contributed by atoms with Gasteiger partial charge in [-0.05, 0) is 35.2 Å². The lowest BCUT2D eigenvalue weighted by atomic mass is 9.98. The van der Waals surface area contributed by atoms with E-state index in [9.17, 15) is 0 Å². The summed E-state index contributed by atoms with van der Waals surface area (Å²) in [6.45, 7) is 2.13. The van der Waals surface area contributed by atoms with E-state index in [0.717, 1.165) is 17.5 Å². The number of nitrogens with one attached hydrogen (secondary N) is 1. The lowest BCUT2D eigenvalue weighted by molar-refractivity contribution is 0.637. The predicted molar refractivity (Wildman–Crippen MR) is 81.4 cm³/mol. The SMILES string of the molecule is CCc1ccc(C(NN)c2ccc(Cl)c(Cl)c2)cc1. The molecule has 2 aromatic carbocycles. The Morgan fingerprint density at radius 3 is 2.16 bits per heavy atom. The Morgan fingerprint density at radius 2 is 1.63 bits per heavy atom. The molecule has 1 unspecified atom stereocenters. The lowest BCUT2D eigenvalue weighted by Crippen LogP contribution is -2.28. The topological polar surface area (TPSA) is 38.0 Å². The highest BCUT2D eigenvalue weighted by Crippen LogP contribution is 2.28. The van der Waals surface area contributed by atoms with Crippen LogP contribution in [-0.2, 0) is 6.42 Å². The van der Waals surface area contributed by atoms with E-state index in [0.29, 0.717) is 10.0 Å². The first-order valence-electron chi connectivity index (χ1n) is 6.15. The number of hydrazine groups is 1. The van der Waals surface area contributed by atoms with Crippen LogP contribution in [0.1, 0.15) is 29.7 Å². The molecular weight excluding hydrogens is 279 g/mol. The molecule has 0 heterocycles. The van der Waals surface area contributed by atoms with Crippen molar-refractivity contribution in [3.8, 4) is 0 Å². The average Bonchev–Trinajstić information content (AvgIpc) is 2.44. The third kappa shape index (κ3) is 3.28. The maximum atomic E-state index is 6.05. The standard InChI is InChI=1S/C15H16Cl2N2/c1-2-10-3-5-11(6-4-10)15(19-18)12-7-8-13(16)14(17)9-12/h3-9,15,19H,2,18H2,1H3. The van der Waals surface area contributed by atoms with Crippen LogP contribution in [0.15, 0.2) is 42.5 Å². The van der Waals surface area contributed by atoms with Crippen molar-refractivity contribution in [3.05, 3.63) is 69.2 Å². The highest BCUT2D eigenvalue weighted by atomic mass is 35.5. The zero-order valence-corrected chi connectivity index (χ0v) is 12.2. The van der Waals surface area contributed by atoms with Gasteiger partial charge >= 0.3 is 0 Å². The van der Waals surface area contributed by atoms with E-state index in [1.807, 2.05) is 12.1 Å². The molecular formula is C15H16Cl2N2. The quantitative estimate of drug-likeness (QED) is 0.658. The molecule has 0 aliphatic heterocycles. The first-order chi connectivity index (χ1) is 9.15. The Balaban J connectivity index is 2.34. The maximum absolute atomic E-state index is 6.05. The Bertz CT molecular complexity index is 553. The number of nitrogens with two attached hydrogens (primary N) is 1. The molecule has 1 atom stereocenters. The Hall–Kier alpha value is -1.06. The molecule has 0 saturated heterocycles. The van der Waals surface area contributed by atoms with Crippen molar-refractivity contribution in [1.82, 2.24) is 5.43 Å². The number of rotatable bonds is 4. The number of benzene rings is 2. The fourth-order valence-corrected chi connectivity index (χ4v) is 2.33. The minimum atomic E-state index is -0.0966. The van der Waals surface area contributed by atoms with Gasteiger partial charge in [0.1, 0.15) is 0 Å². The largest absolute Gasteiger partial charge is 0.271 e. The van der Waals surface area contributed by atoms with Gasteiger partial charge in [0.05, 0.1) is 16.1 Å². The second-order valence-electron chi connectivity index (χ2n) is 4.37. The van der Waals surface area contributed by atoms with E-state index >= 15 is 0 Å². The Kier molecular flexibility index (Phi) is 4.83. The summed E-state index contributed by atoms with van der Waals surface area (Å²) in [6, 6.07) is 13.8. The Labute approximate surface area is 123 Å². The van der Waals surface area contributed by atoms with Crippen LogP contribution in [0, 0.1) is 0 Å². The van der Waals surface area contributed by atoms with Gasteiger partial charge in [0.2, 0.25) is 0 Å². The van der Waals surface area contributed by atoms with Crippen molar-refractivity contribution in [3.63, 3.8) is 0 Å². The van der Waals surface area contributed by atoms with Crippen LogP contribution in [0.5, 0.6) is 0 Å². The van der Waals surface area contributed by atoms with Crippen LogP contribution in [0.25, 0.3) is 0 Å². The van der Waals surface area contributed by atoms with Crippen LogP contribution in [0.3, 0.4) is 0 Å². The predicted octanol–water partition coefficient (Wildman–Crippen LogP) is 4.11. The number of halogens is 2. The van der Waals surface area contributed by atoms with E-state index in [4.69, 9.17) is 29.0 Å². The summed E-state index contributed by atoms with van der Waals surface area (Å²) in [4.78, 5) is 0. The molecule has 0 aliphatic rings. The smallest absolute Gasteiger partial charge is 0.0710 e. The van der Waals surface area contributed by atoms with Crippen molar-refractivity contribution in [2.24, 2.45) is 5.84 Å². The second kappa shape index (κ2) is 6.40. The summed E-state index contributed by atoms with van der Waals surface area (Å²) in [6.07, 6.45) is 1.02. The third-order valence-corrected chi connectivity index (χ3v) is 3.90. The molecule has 2 aromatic rings. The van der Waals surface area contributed by atoms with Crippen LogP contribution < -0.4 is 11.3 Å². The Morgan fingerprint density at radius 1 is 1.00 bits per heavy atom. The van der Waals surface area contributed by atoms with Crippen LogP contribution in [-0.4, -0.2) is 0 Å². The normalized spacial score (nSPS) is 12.4. The van der Waals surface area contributed by atoms with E-state index < -0.39 is 0 Å². The lowest BCUT2D eigenvalue weighted by Gasteiger charge is -2.17. The highest BCUT2D eigenvalue weighted by molar-refractivity contribution is 6.42. The van der Waals surface area contributed by atoms with Gasteiger partial charge in [-0.2, -0.15) is 0 Å². The molecule has 0 saturated carbocycles. The van der Waals surface area contributed by atoms with Crippen LogP contribution >= 0.6 is 23.2 Å². The van der Waals surface area contributed by atoms with Gasteiger partial charge < -0.3 is 0 Å². The molecule has 0 bridgehead atoms. The average molecular weight is 295 g/mol. The molecule has 2 nitrogen and oxygen atoms in total. The van der Waals surface area contributed by atoms with Crippen molar-refractivity contribution in [1.29, 1.82) is 0 Å². The van der Waals surface area contributed by atoms with Crippen molar-refractivity contribution in [2.45, 2.75) is 19.4 Å². The van der Waals surface area contributed by atoms with Crippen molar-refractivity contribution >= 4 is 23.2 Å². The molecule has 0 spiro atoms. The fraction of sp³-hybridized carbons (Fsp3) is 0.200. The molecule has 100 valence electrons. The highest BCUT2D eigenvalue weighted by Gasteiger charge is 2.13. The van der Waals surface area contributed by atoms with Gasteiger partial charge in [-0.15, -0.1) is 0 Å². The minimum Gasteiger partial charge on any atom is -0.271 e. The molecule has 0 aliphatic carbocycles. The van der Waals surface area contributed by atoms with Crippen LogP contribution in [0.2, 0.25) is 10.0 Å². The summed E-state index contributed by atoms with van der Waals surface area (Å²) in [5, 5.41) is 1.08. The van der Waals surface area contributed by atoms with Crippen molar-refractivity contribution < 1.29 is 0 Å². The van der Waals surface area contributed by atoms with Gasteiger partial charge in [0.25, 0.3) is 0 Å². The molecule has 2 rings (SSSR count). The molecule has 0 radical (unpaired) electrons. The van der Waals surface area contributed by atoms with Gasteiger partial charge in [-0.25, -0.2) is 5.43 Å². The van der Waals surface area contributed by atoms with E-state index in [1.165, 1.54) is 5.56 Å². The molecule has 0 aromatic heterocycles.